The Morgan fingerprint density at radius 2 is 1.52 bits per heavy atom. The number of aromatic nitrogens is 1. The molecule has 0 spiro atoms. The van der Waals surface area contributed by atoms with Crippen LogP contribution >= 0.6 is 11.8 Å². The first-order chi connectivity index (χ1) is 22.6. The van der Waals surface area contributed by atoms with E-state index in [1.165, 1.54) is 70.6 Å². The van der Waals surface area contributed by atoms with Crippen molar-refractivity contribution in [1.82, 2.24) is 4.98 Å². The summed E-state index contributed by atoms with van der Waals surface area (Å²) in [6.07, 6.45) is 19.1. The molecule has 1 amide bonds. The second-order valence-electron chi connectivity index (χ2n) is 12.5. The van der Waals surface area contributed by atoms with Gasteiger partial charge in [0.15, 0.2) is 6.29 Å². The molecule has 0 aliphatic carbocycles. The molecule has 0 saturated carbocycles. The number of benzene rings is 2. The maximum atomic E-state index is 12.8. The molecule has 46 heavy (non-hydrogen) atoms. The molecule has 6 nitrogen and oxygen atoms in total. The number of carbonyl (C=O) groups excluding carboxylic acids is 1. The number of aliphatic hydroxyl groups is 1. The SMILES string of the molecule is CCCCCCCCCCCCCCCC(=O)Nc1cccc(C2OC(CSc3ccccn3)CC(c3ccc(CO)cc3)O2)c1. The van der Waals surface area contributed by atoms with Gasteiger partial charge in [-0.1, -0.05) is 126 Å². The molecule has 7 heteroatoms. The number of hydrogen-bond donors (Lipinski definition) is 2. The predicted molar refractivity (Wildman–Crippen MR) is 189 cm³/mol. The number of unbranched alkanes of at least 4 members (excludes halogenated alkanes) is 12. The van der Waals surface area contributed by atoms with Crippen LogP contribution in [0.2, 0.25) is 0 Å². The van der Waals surface area contributed by atoms with Crippen LogP contribution in [-0.2, 0) is 20.9 Å². The van der Waals surface area contributed by atoms with Crippen LogP contribution in [0, 0.1) is 0 Å². The van der Waals surface area contributed by atoms with Gasteiger partial charge in [0.2, 0.25) is 5.91 Å². The molecule has 3 atom stereocenters. The summed E-state index contributed by atoms with van der Waals surface area (Å²) >= 11 is 1.68. The van der Waals surface area contributed by atoms with Gasteiger partial charge in [-0.3, -0.25) is 4.79 Å². The average molecular weight is 647 g/mol. The van der Waals surface area contributed by atoms with Crippen molar-refractivity contribution in [2.24, 2.45) is 0 Å². The Labute approximate surface area is 281 Å². The van der Waals surface area contributed by atoms with Gasteiger partial charge in [-0.15, -0.1) is 11.8 Å². The van der Waals surface area contributed by atoms with Crippen molar-refractivity contribution in [3.05, 3.63) is 89.6 Å². The Kier molecular flexibility index (Phi) is 16.7. The summed E-state index contributed by atoms with van der Waals surface area (Å²) in [5, 5.41) is 13.5. The number of carbonyl (C=O) groups is 1. The molecule has 1 aromatic heterocycles. The molecular formula is C39H54N2O4S. The molecule has 4 rings (SSSR count). The minimum atomic E-state index is -0.566. The van der Waals surface area contributed by atoms with Crippen LogP contribution in [0.15, 0.2) is 78.0 Å². The summed E-state index contributed by atoms with van der Waals surface area (Å²) in [4.78, 5) is 17.2. The Hall–Kier alpha value is -2.71. The average Bonchev–Trinajstić information content (AvgIpc) is 3.10. The first kappa shape index (κ1) is 36.1. The quantitative estimate of drug-likeness (QED) is 0.0885. The van der Waals surface area contributed by atoms with Gasteiger partial charge in [0.25, 0.3) is 0 Å². The van der Waals surface area contributed by atoms with Gasteiger partial charge in [-0.2, -0.15) is 0 Å². The van der Waals surface area contributed by atoms with Crippen LogP contribution in [-0.4, -0.2) is 27.9 Å². The fraction of sp³-hybridized carbons (Fsp3) is 0.538. The maximum absolute atomic E-state index is 12.8. The number of pyridine rings is 1. The van der Waals surface area contributed by atoms with E-state index in [9.17, 15) is 9.90 Å². The number of hydrogen-bond acceptors (Lipinski definition) is 6. The van der Waals surface area contributed by atoms with Crippen molar-refractivity contribution in [3.8, 4) is 0 Å². The van der Waals surface area contributed by atoms with Gasteiger partial charge in [0.1, 0.15) is 0 Å². The van der Waals surface area contributed by atoms with Gasteiger partial charge in [0.05, 0.1) is 23.8 Å². The van der Waals surface area contributed by atoms with Crippen molar-refractivity contribution in [3.63, 3.8) is 0 Å². The Bertz CT molecular complexity index is 1260. The van der Waals surface area contributed by atoms with Gasteiger partial charge < -0.3 is 19.9 Å². The Morgan fingerprint density at radius 3 is 2.17 bits per heavy atom. The normalized spacial score (nSPS) is 18.0. The van der Waals surface area contributed by atoms with Crippen molar-refractivity contribution in [1.29, 1.82) is 0 Å². The standard InChI is InChI=1S/C39H54N2O4S/c1-2-3-4-5-6-7-8-9-10-11-12-13-14-20-37(43)41-34-19-17-18-33(27-34)39-44-35(30-46-38-21-15-16-26-40-38)28-36(45-39)32-24-22-31(29-42)23-25-32/h15-19,21-27,35-36,39,42H,2-14,20,28-30H2,1H3,(H,41,43). The third-order valence-corrected chi connectivity index (χ3v) is 9.70. The van der Waals surface area contributed by atoms with Crippen LogP contribution in [0.4, 0.5) is 5.69 Å². The van der Waals surface area contributed by atoms with Crippen LogP contribution in [0.5, 0.6) is 0 Å². The Morgan fingerprint density at radius 1 is 0.826 bits per heavy atom. The number of nitrogens with one attached hydrogen (secondary N) is 1. The zero-order valence-corrected chi connectivity index (χ0v) is 28.5. The Balaban J connectivity index is 1.22. The molecule has 2 heterocycles. The highest BCUT2D eigenvalue weighted by Crippen LogP contribution is 2.39. The fourth-order valence-electron chi connectivity index (χ4n) is 5.92. The lowest BCUT2D eigenvalue weighted by atomic mass is 10.0. The second kappa shape index (κ2) is 21.2. The van der Waals surface area contributed by atoms with Crippen LogP contribution in [0.3, 0.4) is 0 Å². The monoisotopic (exact) mass is 646 g/mol. The second-order valence-corrected chi connectivity index (χ2v) is 13.5. The minimum absolute atomic E-state index is 0.0126. The van der Waals surface area contributed by atoms with Crippen molar-refractivity contribution in [2.75, 3.05) is 11.1 Å². The maximum Gasteiger partial charge on any atom is 0.224 e. The van der Waals surface area contributed by atoms with Crippen LogP contribution < -0.4 is 5.32 Å². The van der Waals surface area contributed by atoms with E-state index in [0.717, 1.165) is 46.0 Å². The molecule has 3 aromatic rings. The van der Waals surface area contributed by atoms with E-state index in [2.05, 4.69) is 17.2 Å². The third-order valence-electron chi connectivity index (χ3n) is 8.62. The van der Waals surface area contributed by atoms with E-state index in [0.29, 0.717) is 12.8 Å². The lowest BCUT2D eigenvalue weighted by Crippen LogP contribution is -2.31. The zero-order valence-electron chi connectivity index (χ0n) is 27.7. The van der Waals surface area contributed by atoms with Gasteiger partial charge >= 0.3 is 0 Å². The van der Waals surface area contributed by atoms with Gasteiger partial charge in [-0.25, -0.2) is 4.98 Å². The number of aliphatic hydroxyl groups excluding tert-OH is 1. The molecule has 0 bridgehead atoms. The summed E-state index contributed by atoms with van der Waals surface area (Å²) in [6.45, 7) is 2.28. The number of anilines is 1. The molecule has 1 aliphatic rings. The smallest absolute Gasteiger partial charge is 0.224 e. The number of amides is 1. The van der Waals surface area contributed by atoms with Gasteiger partial charge in [-0.05, 0) is 41.8 Å². The predicted octanol–water partition coefficient (Wildman–Crippen LogP) is 10.3. The zero-order chi connectivity index (χ0) is 32.2. The number of thioether (sulfide) groups is 1. The summed E-state index contributed by atoms with van der Waals surface area (Å²) in [5.41, 5.74) is 3.57. The largest absolute Gasteiger partial charge is 0.392 e. The van der Waals surface area contributed by atoms with E-state index >= 15 is 0 Å². The highest BCUT2D eigenvalue weighted by Gasteiger charge is 2.32. The summed E-state index contributed by atoms with van der Waals surface area (Å²) in [7, 11) is 0. The molecule has 2 aromatic carbocycles. The highest BCUT2D eigenvalue weighted by atomic mass is 32.2. The fourth-order valence-corrected chi connectivity index (χ4v) is 6.80. The van der Waals surface area contributed by atoms with Crippen LogP contribution in [0.25, 0.3) is 0 Å². The summed E-state index contributed by atoms with van der Waals surface area (Å²) in [5.74, 6) is 0.801. The number of nitrogens with zero attached hydrogens (tertiary/aromatic N) is 1. The lowest BCUT2D eigenvalue weighted by molar-refractivity contribution is -0.245. The topological polar surface area (TPSA) is 80.7 Å². The van der Waals surface area contributed by atoms with Crippen molar-refractivity contribution >= 4 is 23.4 Å². The molecular weight excluding hydrogens is 593 g/mol. The number of rotatable bonds is 21. The van der Waals surface area contributed by atoms with Crippen molar-refractivity contribution in [2.45, 2.75) is 133 Å². The molecule has 3 unspecified atom stereocenters. The molecule has 0 radical (unpaired) electrons. The molecule has 1 fully saturated rings. The van der Waals surface area contributed by atoms with E-state index < -0.39 is 6.29 Å². The molecule has 2 N–H and O–H groups in total. The number of ether oxygens (including phenoxy) is 2. The first-order valence-electron chi connectivity index (χ1n) is 17.6. The van der Waals surface area contributed by atoms with E-state index in [-0.39, 0.29) is 24.7 Å². The van der Waals surface area contributed by atoms with Crippen molar-refractivity contribution < 1.29 is 19.4 Å². The minimum Gasteiger partial charge on any atom is -0.392 e. The van der Waals surface area contributed by atoms with Crippen LogP contribution in [0.1, 0.15) is 132 Å². The highest BCUT2D eigenvalue weighted by molar-refractivity contribution is 7.99. The molecule has 1 saturated heterocycles. The molecule has 1 aliphatic heterocycles. The third kappa shape index (κ3) is 13.2. The van der Waals surface area contributed by atoms with E-state index in [1.54, 1.807) is 18.0 Å². The van der Waals surface area contributed by atoms with E-state index in [4.69, 9.17) is 9.47 Å². The lowest BCUT2D eigenvalue weighted by Gasteiger charge is -2.36. The summed E-state index contributed by atoms with van der Waals surface area (Å²) in [6, 6.07) is 21.7. The summed E-state index contributed by atoms with van der Waals surface area (Å²) < 4.78 is 13.0. The first-order valence-corrected chi connectivity index (χ1v) is 18.6. The van der Waals surface area contributed by atoms with E-state index in [1.807, 2.05) is 66.7 Å². The molecule has 250 valence electrons. The van der Waals surface area contributed by atoms with Gasteiger partial charge in [0, 0.05) is 36.0 Å².